The third-order valence-corrected chi connectivity index (χ3v) is 17.8. The molecule has 3 aromatic heterocycles. The van der Waals surface area contributed by atoms with Crippen LogP contribution in [0.4, 0.5) is 0 Å². The lowest BCUT2D eigenvalue weighted by molar-refractivity contribution is 0.310. The Hall–Kier alpha value is -7.46. The van der Waals surface area contributed by atoms with Crippen LogP contribution in [0.1, 0.15) is 50.5 Å². The van der Waals surface area contributed by atoms with Crippen molar-refractivity contribution in [2.45, 2.75) is 68.3 Å². The maximum atomic E-state index is 11.2. The minimum atomic E-state index is -4.47. The molecule has 6 heterocycles. The van der Waals surface area contributed by atoms with E-state index in [1.807, 2.05) is 0 Å². The van der Waals surface area contributed by atoms with Gasteiger partial charge in [-0.1, -0.05) is 170 Å². The summed E-state index contributed by atoms with van der Waals surface area (Å²) in [5.74, 6) is 0. The van der Waals surface area contributed by atoms with Crippen LogP contribution in [0.3, 0.4) is 0 Å². The summed E-state index contributed by atoms with van der Waals surface area (Å²) in [6.07, 6.45) is 4.15. The molecule has 0 fully saturated rings. The first kappa shape index (κ1) is 64.0. The Kier molecular flexibility index (Phi) is 20.4. The first-order valence-electron chi connectivity index (χ1n) is 28.5. The molecule has 0 saturated carbocycles. The highest BCUT2D eigenvalue weighted by Gasteiger charge is 2.25. The van der Waals surface area contributed by atoms with E-state index in [1.165, 1.54) is 107 Å². The molecule has 14 rings (SSSR count). The minimum absolute atomic E-state index is 0. The number of aromatic nitrogens is 3. The van der Waals surface area contributed by atoms with E-state index < -0.39 is 40.1 Å². The zero-order chi connectivity index (χ0) is 60.8. The Labute approximate surface area is 516 Å². The van der Waals surface area contributed by atoms with E-state index in [4.69, 9.17) is 13.7 Å². The predicted octanol–water partition coefficient (Wildman–Crippen LogP) is 12.3. The van der Waals surface area contributed by atoms with Crippen molar-refractivity contribution in [1.82, 2.24) is 28.4 Å². The van der Waals surface area contributed by atoms with Crippen LogP contribution < -0.4 is 0 Å². The van der Waals surface area contributed by atoms with Gasteiger partial charge in [-0.15, -0.1) is 12.4 Å². The lowest BCUT2D eigenvalue weighted by atomic mass is 10.1. The highest BCUT2D eigenvalue weighted by molar-refractivity contribution is 7.86. The first-order chi connectivity index (χ1) is 41.2. The van der Waals surface area contributed by atoms with Gasteiger partial charge in [-0.2, -0.15) is 25.3 Å². The normalized spacial score (nSPS) is 14.4. The number of halogens is 1. The molecule has 3 aliphatic heterocycles. The molecule has 19 heteroatoms. The SMILES string of the molecule is CN1CCc2c(c3ccccc3n2Cc2ccccc2)C1.CN1CCc2c(c3ccccc3n2Cc2ccccc2)C1.CN1CCc2c(c3ccccc3n2Cc2ccccc2)C1.CS(=O)(=O)O.Cl.O=S(=O)(O)c1cccc2c(S(=O)(=O)O)cccc12. The summed E-state index contributed by atoms with van der Waals surface area (Å²) in [4.78, 5) is 6.43. The fourth-order valence-electron chi connectivity index (χ4n) is 12.1. The second-order valence-electron chi connectivity index (χ2n) is 22.3. The van der Waals surface area contributed by atoms with Crippen LogP contribution in [0, 0.1) is 0 Å². The smallest absolute Gasteiger partial charge is 0.295 e. The minimum Gasteiger partial charge on any atom is -0.340 e. The van der Waals surface area contributed by atoms with Crippen LogP contribution in [0.2, 0.25) is 0 Å². The molecule has 3 aliphatic rings. The molecule has 0 spiro atoms. The summed E-state index contributed by atoms with van der Waals surface area (Å²) < 4.78 is 96.1. The number of nitrogens with zero attached hydrogens (tertiary/aromatic N) is 6. The van der Waals surface area contributed by atoms with Gasteiger partial charge in [0, 0.05) is 139 Å². The van der Waals surface area contributed by atoms with Crippen molar-refractivity contribution in [3.8, 4) is 0 Å². The molecule has 0 saturated heterocycles. The van der Waals surface area contributed by atoms with Gasteiger partial charge in [-0.3, -0.25) is 13.7 Å². The molecule has 0 bridgehead atoms. The number of likely N-dealkylation sites (N-methyl/N-ethyl adjacent to an activating group) is 3. The maximum Gasteiger partial charge on any atom is 0.295 e. The van der Waals surface area contributed by atoms with Gasteiger partial charge in [0.25, 0.3) is 30.4 Å². The average molecular weight is 1250 g/mol. The largest absolute Gasteiger partial charge is 0.340 e. The number of fused-ring (bicyclic) bond motifs is 10. The molecule has 0 unspecified atom stereocenters. The van der Waals surface area contributed by atoms with Crippen molar-refractivity contribution >= 4 is 86.2 Å². The van der Waals surface area contributed by atoms with Gasteiger partial charge in [0.1, 0.15) is 9.79 Å². The third kappa shape index (κ3) is 15.5. The Morgan fingerprint density at radius 1 is 0.345 bits per heavy atom. The van der Waals surface area contributed by atoms with Gasteiger partial charge >= 0.3 is 0 Å². The summed E-state index contributed by atoms with van der Waals surface area (Å²) >= 11 is 0. The average Bonchev–Trinajstić information content (AvgIpc) is 1.81. The number of benzene rings is 8. The van der Waals surface area contributed by atoms with Gasteiger partial charge in [0.05, 0.1) is 6.26 Å². The van der Waals surface area contributed by atoms with Crippen LogP contribution in [0.25, 0.3) is 43.5 Å². The lowest BCUT2D eigenvalue weighted by Gasteiger charge is -2.24. The zero-order valence-electron chi connectivity index (χ0n) is 49.1. The highest BCUT2D eigenvalue weighted by atomic mass is 35.5. The molecule has 0 atom stereocenters. The standard InChI is InChI=1S/3C19H20N2.C10H8O6S2.CH4O3S.ClH/c3*1-20-12-11-19-17(14-20)16-9-5-6-10-18(16)21(19)13-15-7-3-2-4-8-15;11-17(12,13)9-5-1-3-7-8(9)4-2-6-10(7)18(14,15)16;1-5(2,3)4;/h3*2-10H,11-14H2,1H3;1-6H,(H,11,12,13)(H,14,15,16);1H3,(H,2,3,4);1H. The Balaban J connectivity index is 0.000000134. The van der Waals surface area contributed by atoms with Crippen molar-refractivity contribution in [2.24, 2.45) is 0 Å². The fraction of sp³-hybridized carbons (Fsp3) is 0.235. The predicted molar refractivity (Wildman–Crippen MR) is 351 cm³/mol. The Bertz CT molecular complexity index is 4140. The van der Waals surface area contributed by atoms with Gasteiger partial charge < -0.3 is 28.4 Å². The van der Waals surface area contributed by atoms with Gasteiger partial charge in [-0.05, 0) is 84.9 Å². The van der Waals surface area contributed by atoms with Crippen LogP contribution >= 0.6 is 12.4 Å². The van der Waals surface area contributed by atoms with Crippen molar-refractivity contribution in [2.75, 3.05) is 47.0 Å². The summed E-state index contributed by atoms with van der Waals surface area (Å²) in [6.45, 7) is 9.57. The van der Waals surface area contributed by atoms with Crippen molar-refractivity contribution in [3.05, 3.63) is 251 Å². The molecule has 0 amide bonds. The van der Waals surface area contributed by atoms with Gasteiger partial charge in [-0.25, -0.2) is 0 Å². The van der Waals surface area contributed by atoms with E-state index in [0.29, 0.717) is 6.26 Å². The van der Waals surface area contributed by atoms with E-state index in [0.717, 1.165) is 90.3 Å². The summed E-state index contributed by atoms with van der Waals surface area (Å²) in [7, 11) is -5.96. The van der Waals surface area contributed by atoms with E-state index in [-0.39, 0.29) is 23.2 Å². The van der Waals surface area contributed by atoms with Gasteiger partial charge in [0.2, 0.25) is 0 Å². The van der Waals surface area contributed by atoms with Crippen LogP contribution in [0.5, 0.6) is 0 Å². The van der Waals surface area contributed by atoms with Crippen LogP contribution in [-0.4, -0.2) is 114 Å². The number of para-hydroxylation sites is 3. The molecular weight excluding hydrogens is 1180 g/mol. The molecular formula is C68H73ClN6O9S3. The van der Waals surface area contributed by atoms with E-state index in [2.05, 4.69) is 213 Å². The van der Waals surface area contributed by atoms with E-state index >= 15 is 0 Å². The number of hydrogen-bond donors (Lipinski definition) is 3. The molecule has 15 nitrogen and oxygen atoms in total. The quantitative estimate of drug-likeness (QED) is 0.122. The van der Waals surface area contributed by atoms with Crippen LogP contribution in [-0.2, 0) is 88.9 Å². The Morgan fingerprint density at radius 2 is 0.586 bits per heavy atom. The molecule has 454 valence electrons. The van der Waals surface area contributed by atoms with E-state index in [9.17, 15) is 25.3 Å². The van der Waals surface area contributed by atoms with Crippen molar-refractivity contribution in [1.29, 1.82) is 0 Å². The molecule has 11 aromatic rings. The topological polar surface area (TPSA) is 188 Å². The van der Waals surface area contributed by atoms with Crippen molar-refractivity contribution in [3.63, 3.8) is 0 Å². The summed E-state index contributed by atoms with van der Waals surface area (Å²) in [5, 5.41) is 4.32. The Morgan fingerprint density at radius 3 is 0.851 bits per heavy atom. The molecule has 0 aliphatic carbocycles. The molecule has 8 aromatic carbocycles. The fourth-order valence-corrected chi connectivity index (χ4v) is 13.6. The maximum absolute atomic E-state index is 11.2. The third-order valence-electron chi connectivity index (χ3n) is 16.0. The number of hydrogen-bond acceptors (Lipinski definition) is 9. The first-order valence-corrected chi connectivity index (χ1v) is 33.3. The van der Waals surface area contributed by atoms with Gasteiger partial charge in [0.15, 0.2) is 0 Å². The second kappa shape index (κ2) is 27.7. The highest BCUT2D eigenvalue weighted by Crippen LogP contribution is 2.35. The second-order valence-corrected chi connectivity index (χ2v) is 26.5. The van der Waals surface area contributed by atoms with Crippen molar-refractivity contribution < 1.29 is 38.9 Å². The molecule has 0 radical (unpaired) electrons. The monoisotopic (exact) mass is 1250 g/mol. The summed E-state index contributed by atoms with van der Waals surface area (Å²) in [6, 6.07) is 66.4. The molecule has 3 N–H and O–H groups in total. The number of rotatable bonds is 8. The van der Waals surface area contributed by atoms with Crippen LogP contribution in [0.15, 0.2) is 210 Å². The lowest BCUT2D eigenvalue weighted by Crippen LogP contribution is -2.27. The van der Waals surface area contributed by atoms with E-state index in [1.54, 1.807) is 0 Å². The molecule has 87 heavy (non-hydrogen) atoms. The zero-order valence-corrected chi connectivity index (χ0v) is 52.4. The summed E-state index contributed by atoms with van der Waals surface area (Å²) in [5.41, 5.74) is 17.4.